The molecular formula is C17H20FN5O. The van der Waals surface area contributed by atoms with Crippen molar-refractivity contribution in [3.05, 3.63) is 41.7 Å². The average Bonchev–Trinajstić information content (AvgIpc) is 2.94. The van der Waals surface area contributed by atoms with Gasteiger partial charge in [0.25, 0.3) is 5.91 Å². The smallest absolute Gasteiger partial charge is 0.290 e. The van der Waals surface area contributed by atoms with Gasteiger partial charge in [0, 0.05) is 13.1 Å². The van der Waals surface area contributed by atoms with E-state index in [-0.39, 0.29) is 17.5 Å². The Hall–Kier alpha value is -2.72. The summed E-state index contributed by atoms with van der Waals surface area (Å²) in [6, 6.07) is 5.84. The molecule has 1 aromatic heterocycles. The van der Waals surface area contributed by atoms with Crippen LogP contribution in [-0.4, -0.2) is 52.3 Å². The number of terminal acetylenes is 1. The van der Waals surface area contributed by atoms with Crippen LogP contribution in [0.15, 0.2) is 24.3 Å². The van der Waals surface area contributed by atoms with Crippen LogP contribution in [-0.2, 0) is 0 Å². The van der Waals surface area contributed by atoms with Crippen molar-refractivity contribution >= 4 is 5.91 Å². The van der Waals surface area contributed by atoms with Gasteiger partial charge >= 0.3 is 0 Å². The summed E-state index contributed by atoms with van der Waals surface area (Å²) in [5, 5.41) is 6.97. The lowest BCUT2D eigenvalue weighted by Crippen LogP contribution is -2.29. The van der Waals surface area contributed by atoms with Crippen molar-refractivity contribution in [2.24, 2.45) is 0 Å². The summed E-state index contributed by atoms with van der Waals surface area (Å²) in [6.45, 7) is 3.62. The molecule has 0 unspecified atom stereocenters. The third-order valence-corrected chi connectivity index (χ3v) is 3.41. The first-order chi connectivity index (χ1) is 11.5. The lowest BCUT2D eigenvalue weighted by Gasteiger charge is -2.12. The number of rotatable bonds is 7. The molecule has 0 bridgehead atoms. The van der Waals surface area contributed by atoms with Gasteiger partial charge in [-0.3, -0.25) is 9.69 Å². The highest BCUT2D eigenvalue weighted by Crippen LogP contribution is 2.10. The first-order valence-electron chi connectivity index (χ1n) is 7.61. The summed E-state index contributed by atoms with van der Waals surface area (Å²) in [5.74, 6) is 2.55. The fourth-order valence-corrected chi connectivity index (χ4v) is 2.18. The summed E-state index contributed by atoms with van der Waals surface area (Å²) < 4.78 is 14.5. The molecule has 0 saturated heterocycles. The molecule has 1 amide bonds. The Morgan fingerprint density at radius 1 is 1.42 bits per heavy atom. The lowest BCUT2D eigenvalue weighted by molar-refractivity contribution is 0.0942. The highest BCUT2D eigenvalue weighted by Gasteiger charge is 2.14. The van der Waals surface area contributed by atoms with Gasteiger partial charge in [0.1, 0.15) is 11.6 Å². The fraction of sp³-hybridized carbons (Fsp3) is 0.353. The number of amides is 1. The largest absolute Gasteiger partial charge is 0.349 e. The number of benzene rings is 1. The Balaban J connectivity index is 1.93. The van der Waals surface area contributed by atoms with Crippen LogP contribution in [0.25, 0.3) is 5.69 Å². The summed E-state index contributed by atoms with van der Waals surface area (Å²) in [6.07, 6.45) is 6.01. The molecule has 2 aromatic rings. The number of aryl methyl sites for hydroxylation is 1. The molecule has 0 aliphatic carbocycles. The van der Waals surface area contributed by atoms with Crippen LogP contribution in [0.5, 0.6) is 0 Å². The van der Waals surface area contributed by atoms with Crippen LogP contribution in [0.1, 0.15) is 22.9 Å². The average molecular weight is 329 g/mol. The van der Waals surface area contributed by atoms with E-state index in [1.54, 1.807) is 19.1 Å². The molecule has 0 aliphatic heterocycles. The number of hydrogen-bond acceptors (Lipinski definition) is 4. The van der Waals surface area contributed by atoms with Crippen molar-refractivity contribution in [2.45, 2.75) is 13.3 Å². The van der Waals surface area contributed by atoms with Crippen molar-refractivity contribution in [3.8, 4) is 18.0 Å². The Labute approximate surface area is 140 Å². The molecular weight excluding hydrogens is 309 g/mol. The zero-order chi connectivity index (χ0) is 17.5. The first kappa shape index (κ1) is 17.6. The molecule has 0 atom stereocenters. The summed E-state index contributed by atoms with van der Waals surface area (Å²) >= 11 is 0. The van der Waals surface area contributed by atoms with Crippen molar-refractivity contribution in [1.82, 2.24) is 25.0 Å². The highest BCUT2D eigenvalue weighted by atomic mass is 19.1. The SMILES string of the molecule is C#CCN(C)CCCNC(=O)c1nc(C)n(-c2ccc(F)cc2)n1. The van der Waals surface area contributed by atoms with Crippen molar-refractivity contribution in [3.63, 3.8) is 0 Å². The minimum Gasteiger partial charge on any atom is -0.349 e. The second-order valence-corrected chi connectivity index (χ2v) is 5.42. The van der Waals surface area contributed by atoms with Gasteiger partial charge in [-0.05, 0) is 44.7 Å². The molecule has 1 N–H and O–H groups in total. The van der Waals surface area contributed by atoms with Gasteiger partial charge in [-0.15, -0.1) is 11.5 Å². The predicted molar refractivity (Wildman–Crippen MR) is 89.3 cm³/mol. The van der Waals surface area contributed by atoms with E-state index >= 15 is 0 Å². The van der Waals surface area contributed by atoms with Gasteiger partial charge in [0.2, 0.25) is 5.82 Å². The van der Waals surface area contributed by atoms with E-state index in [1.165, 1.54) is 16.8 Å². The van der Waals surface area contributed by atoms with Gasteiger partial charge in [-0.1, -0.05) is 5.92 Å². The van der Waals surface area contributed by atoms with E-state index in [2.05, 4.69) is 21.3 Å². The molecule has 24 heavy (non-hydrogen) atoms. The topological polar surface area (TPSA) is 63.1 Å². The van der Waals surface area contributed by atoms with E-state index < -0.39 is 0 Å². The van der Waals surface area contributed by atoms with Gasteiger partial charge < -0.3 is 5.32 Å². The van der Waals surface area contributed by atoms with E-state index in [9.17, 15) is 9.18 Å². The van der Waals surface area contributed by atoms with Crippen molar-refractivity contribution < 1.29 is 9.18 Å². The van der Waals surface area contributed by atoms with Gasteiger partial charge in [-0.25, -0.2) is 14.1 Å². The predicted octanol–water partition coefficient (Wildman–Crippen LogP) is 1.40. The number of carbonyl (C=O) groups is 1. The maximum absolute atomic E-state index is 13.0. The number of nitrogens with zero attached hydrogens (tertiary/aromatic N) is 4. The zero-order valence-corrected chi connectivity index (χ0v) is 13.8. The van der Waals surface area contributed by atoms with Crippen LogP contribution in [0.4, 0.5) is 4.39 Å². The maximum atomic E-state index is 13.0. The van der Waals surface area contributed by atoms with Gasteiger partial charge in [0.05, 0.1) is 12.2 Å². The molecule has 0 radical (unpaired) electrons. The third kappa shape index (κ3) is 4.64. The van der Waals surface area contributed by atoms with Gasteiger partial charge in [-0.2, -0.15) is 0 Å². The van der Waals surface area contributed by atoms with Crippen molar-refractivity contribution in [2.75, 3.05) is 26.7 Å². The van der Waals surface area contributed by atoms with E-state index in [1.807, 2.05) is 11.9 Å². The third-order valence-electron chi connectivity index (χ3n) is 3.41. The van der Waals surface area contributed by atoms with Crippen LogP contribution >= 0.6 is 0 Å². The molecule has 6 nitrogen and oxygen atoms in total. The first-order valence-corrected chi connectivity index (χ1v) is 7.61. The summed E-state index contributed by atoms with van der Waals surface area (Å²) in [5.41, 5.74) is 0.649. The Morgan fingerprint density at radius 3 is 2.79 bits per heavy atom. The molecule has 0 fully saturated rings. The number of hydrogen-bond donors (Lipinski definition) is 1. The fourth-order valence-electron chi connectivity index (χ4n) is 2.18. The van der Waals surface area contributed by atoms with Gasteiger partial charge in [0.15, 0.2) is 0 Å². The second-order valence-electron chi connectivity index (χ2n) is 5.42. The normalized spacial score (nSPS) is 10.6. The second kappa shape index (κ2) is 8.22. The molecule has 2 rings (SSSR count). The molecule has 1 heterocycles. The Bertz CT molecular complexity index is 732. The number of halogens is 1. The number of aromatic nitrogens is 3. The number of nitrogens with one attached hydrogen (secondary N) is 1. The van der Waals surface area contributed by atoms with Crippen LogP contribution in [0.2, 0.25) is 0 Å². The molecule has 126 valence electrons. The summed E-state index contributed by atoms with van der Waals surface area (Å²) in [7, 11) is 1.93. The van der Waals surface area contributed by atoms with Crippen molar-refractivity contribution in [1.29, 1.82) is 0 Å². The molecule has 0 aliphatic rings. The quantitative estimate of drug-likeness (QED) is 0.616. The minimum atomic E-state index is -0.335. The van der Waals surface area contributed by atoms with E-state index in [0.29, 0.717) is 24.6 Å². The Morgan fingerprint density at radius 2 is 2.12 bits per heavy atom. The monoisotopic (exact) mass is 329 g/mol. The van der Waals surface area contributed by atoms with Crippen LogP contribution in [0, 0.1) is 25.1 Å². The van der Waals surface area contributed by atoms with E-state index in [0.717, 1.165) is 13.0 Å². The zero-order valence-electron chi connectivity index (χ0n) is 13.8. The summed E-state index contributed by atoms with van der Waals surface area (Å²) in [4.78, 5) is 18.3. The number of carbonyl (C=O) groups excluding carboxylic acids is 1. The highest BCUT2D eigenvalue weighted by molar-refractivity contribution is 5.90. The Kier molecular flexibility index (Phi) is 6.04. The standard InChI is InChI=1S/C17H20FN5O/c1-4-11-22(3)12-5-10-19-17(24)16-20-13(2)23(21-16)15-8-6-14(18)7-9-15/h1,6-9H,5,10-12H2,2-3H3,(H,19,24). The molecule has 0 saturated carbocycles. The van der Waals surface area contributed by atoms with Crippen LogP contribution in [0.3, 0.4) is 0 Å². The molecule has 1 aromatic carbocycles. The molecule has 0 spiro atoms. The minimum absolute atomic E-state index is 0.0915. The van der Waals surface area contributed by atoms with E-state index in [4.69, 9.17) is 6.42 Å². The maximum Gasteiger partial charge on any atom is 0.290 e. The molecule has 7 heteroatoms. The van der Waals surface area contributed by atoms with Crippen LogP contribution < -0.4 is 5.32 Å². The lowest BCUT2D eigenvalue weighted by atomic mass is 10.3.